The summed E-state index contributed by atoms with van der Waals surface area (Å²) in [4.78, 5) is 17.4. The van der Waals surface area contributed by atoms with E-state index in [9.17, 15) is 9.90 Å². The molecule has 5 nitrogen and oxygen atoms in total. The summed E-state index contributed by atoms with van der Waals surface area (Å²) >= 11 is 12.0. The molecule has 3 aromatic carbocycles. The highest BCUT2D eigenvalue weighted by Crippen LogP contribution is 2.23. The fraction of sp³-hybridized carbons (Fsp3) is 0.240. The topological polar surface area (TPSA) is 55.8 Å². The van der Waals surface area contributed by atoms with Gasteiger partial charge < -0.3 is 10.4 Å². The maximum Gasteiger partial charge on any atom is 0.255 e. The monoisotopic (exact) mass is 469 g/mol. The Bertz CT molecular complexity index is 1080. The van der Waals surface area contributed by atoms with Crippen LogP contribution in [-0.2, 0) is 13.1 Å². The van der Waals surface area contributed by atoms with Crippen molar-refractivity contribution < 1.29 is 9.90 Å². The Morgan fingerprint density at radius 2 is 1.47 bits per heavy atom. The second-order valence-electron chi connectivity index (χ2n) is 8.00. The summed E-state index contributed by atoms with van der Waals surface area (Å²) in [6, 6.07) is 20.2. The SMILES string of the molecule is O=C(Nc1cccc(CN2CCN(Cc3ccc(O)cc3)CC2)c1)c1ccc(Cl)c(Cl)c1. The van der Waals surface area contributed by atoms with E-state index in [4.69, 9.17) is 23.2 Å². The van der Waals surface area contributed by atoms with Gasteiger partial charge in [-0.25, -0.2) is 0 Å². The molecule has 4 rings (SSSR count). The molecule has 0 radical (unpaired) electrons. The second-order valence-corrected chi connectivity index (χ2v) is 8.82. The van der Waals surface area contributed by atoms with Gasteiger partial charge in [0.1, 0.15) is 5.75 Å². The van der Waals surface area contributed by atoms with Crippen LogP contribution in [0.3, 0.4) is 0 Å². The smallest absolute Gasteiger partial charge is 0.255 e. The minimum absolute atomic E-state index is 0.219. The summed E-state index contributed by atoms with van der Waals surface area (Å²) in [5, 5.41) is 13.1. The van der Waals surface area contributed by atoms with Crippen LogP contribution in [0.25, 0.3) is 0 Å². The van der Waals surface area contributed by atoms with E-state index in [2.05, 4.69) is 21.2 Å². The molecule has 0 bridgehead atoms. The van der Waals surface area contributed by atoms with E-state index in [1.165, 1.54) is 5.56 Å². The fourth-order valence-electron chi connectivity index (χ4n) is 3.81. The zero-order chi connectivity index (χ0) is 22.5. The second kappa shape index (κ2) is 10.4. The van der Waals surface area contributed by atoms with Crippen LogP contribution in [-0.4, -0.2) is 47.0 Å². The van der Waals surface area contributed by atoms with Crippen molar-refractivity contribution in [2.45, 2.75) is 13.1 Å². The number of halogens is 2. The number of nitrogens with one attached hydrogen (secondary N) is 1. The first-order valence-electron chi connectivity index (χ1n) is 10.5. The molecule has 0 atom stereocenters. The van der Waals surface area contributed by atoms with Crippen molar-refractivity contribution in [1.82, 2.24) is 9.80 Å². The number of aromatic hydroxyl groups is 1. The molecule has 1 aliphatic rings. The Balaban J connectivity index is 1.30. The van der Waals surface area contributed by atoms with Crippen molar-refractivity contribution in [1.29, 1.82) is 0 Å². The van der Waals surface area contributed by atoms with E-state index >= 15 is 0 Å². The lowest BCUT2D eigenvalue weighted by molar-refractivity contribution is 0.102. The highest BCUT2D eigenvalue weighted by Gasteiger charge is 2.17. The van der Waals surface area contributed by atoms with Crippen LogP contribution in [0.4, 0.5) is 5.69 Å². The van der Waals surface area contributed by atoms with Crippen molar-refractivity contribution >= 4 is 34.8 Å². The number of anilines is 1. The third-order valence-corrected chi connectivity index (χ3v) is 6.32. The Morgan fingerprint density at radius 3 is 2.12 bits per heavy atom. The van der Waals surface area contributed by atoms with E-state index in [0.717, 1.165) is 50.5 Å². The Labute approximate surface area is 198 Å². The summed E-state index contributed by atoms with van der Waals surface area (Å²) in [6.07, 6.45) is 0. The number of benzene rings is 3. The van der Waals surface area contributed by atoms with Crippen LogP contribution in [0, 0.1) is 0 Å². The van der Waals surface area contributed by atoms with Crippen molar-refractivity contribution in [3.8, 4) is 5.75 Å². The predicted molar refractivity (Wildman–Crippen MR) is 130 cm³/mol. The number of phenolic OH excluding ortho intramolecular Hbond substituents is 1. The predicted octanol–water partition coefficient (Wildman–Crippen LogP) is 5.27. The Morgan fingerprint density at radius 1 is 0.812 bits per heavy atom. The molecule has 1 fully saturated rings. The zero-order valence-electron chi connectivity index (χ0n) is 17.6. The molecule has 0 aromatic heterocycles. The van der Waals surface area contributed by atoms with Crippen molar-refractivity contribution in [2.24, 2.45) is 0 Å². The summed E-state index contributed by atoms with van der Waals surface area (Å²) in [5.41, 5.74) is 3.59. The quantitative estimate of drug-likeness (QED) is 0.516. The Hall–Kier alpha value is -2.57. The van der Waals surface area contributed by atoms with Gasteiger partial charge in [0, 0.05) is 50.5 Å². The van der Waals surface area contributed by atoms with E-state index < -0.39 is 0 Å². The van der Waals surface area contributed by atoms with Crippen LogP contribution in [0.15, 0.2) is 66.7 Å². The number of piperazine rings is 1. The lowest BCUT2D eigenvalue weighted by atomic mass is 10.1. The van der Waals surface area contributed by atoms with E-state index in [1.807, 2.05) is 30.3 Å². The first-order chi connectivity index (χ1) is 15.5. The van der Waals surface area contributed by atoms with Gasteiger partial charge in [-0.15, -0.1) is 0 Å². The largest absolute Gasteiger partial charge is 0.508 e. The van der Waals surface area contributed by atoms with Crippen LogP contribution in [0.2, 0.25) is 10.0 Å². The molecule has 1 aliphatic heterocycles. The van der Waals surface area contributed by atoms with Gasteiger partial charge in [0.05, 0.1) is 10.0 Å². The van der Waals surface area contributed by atoms with Crippen LogP contribution >= 0.6 is 23.2 Å². The summed E-state index contributed by atoms with van der Waals surface area (Å²) < 4.78 is 0. The average molecular weight is 470 g/mol. The Kier molecular flexibility index (Phi) is 7.33. The molecule has 2 N–H and O–H groups in total. The van der Waals surface area contributed by atoms with Gasteiger partial charge >= 0.3 is 0 Å². The third-order valence-electron chi connectivity index (χ3n) is 5.58. The standard InChI is InChI=1S/C25H25Cl2N3O2/c26-23-9-6-20(15-24(23)27)25(32)28-21-3-1-2-19(14-21)17-30-12-10-29(11-13-30)16-18-4-7-22(31)8-5-18/h1-9,14-15,31H,10-13,16-17H2,(H,28,32). The molecule has 3 aromatic rings. The summed E-state index contributed by atoms with van der Waals surface area (Å²) in [6.45, 7) is 5.69. The summed E-state index contributed by atoms with van der Waals surface area (Å²) in [7, 11) is 0. The van der Waals surface area contributed by atoms with E-state index in [1.54, 1.807) is 30.3 Å². The van der Waals surface area contributed by atoms with Gasteiger partial charge in [0.2, 0.25) is 0 Å². The number of carbonyl (C=O) groups excluding carboxylic acids is 1. The highest BCUT2D eigenvalue weighted by atomic mass is 35.5. The third kappa shape index (κ3) is 6.02. The molecular weight excluding hydrogens is 445 g/mol. The minimum Gasteiger partial charge on any atom is -0.508 e. The molecule has 0 spiro atoms. The number of phenols is 1. The molecule has 7 heteroatoms. The maximum atomic E-state index is 12.5. The first kappa shape index (κ1) is 22.6. The highest BCUT2D eigenvalue weighted by molar-refractivity contribution is 6.42. The lowest BCUT2D eigenvalue weighted by Gasteiger charge is -2.34. The van der Waals surface area contributed by atoms with E-state index in [0.29, 0.717) is 21.4 Å². The lowest BCUT2D eigenvalue weighted by Crippen LogP contribution is -2.45. The van der Waals surface area contributed by atoms with E-state index in [-0.39, 0.29) is 5.91 Å². The van der Waals surface area contributed by atoms with Gasteiger partial charge in [-0.05, 0) is 53.6 Å². The normalized spacial score (nSPS) is 14.9. The van der Waals surface area contributed by atoms with Gasteiger partial charge in [-0.2, -0.15) is 0 Å². The van der Waals surface area contributed by atoms with Crippen LogP contribution < -0.4 is 5.32 Å². The van der Waals surface area contributed by atoms with Gasteiger partial charge in [0.25, 0.3) is 5.91 Å². The number of hydrogen-bond acceptors (Lipinski definition) is 4. The number of rotatable bonds is 6. The van der Waals surface area contributed by atoms with Gasteiger partial charge in [-0.3, -0.25) is 14.6 Å². The van der Waals surface area contributed by atoms with Gasteiger partial charge in [-0.1, -0.05) is 47.5 Å². The first-order valence-corrected chi connectivity index (χ1v) is 11.3. The molecule has 166 valence electrons. The zero-order valence-corrected chi connectivity index (χ0v) is 19.1. The number of amides is 1. The molecule has 1 amide bonds. The number of carbonyl (C=O) groups is 1. The molecule has 1 heterocycles. The maximum absolute atomic E-state index is 12.5. The number of hydrogen-bond donors (Lipinski definition) is 2. The molecule has 0 saturated carbocycles. The molecule has 0 aliphatic carbocycles. The molecule has 32 heavy (non-hydrogen) atoms. The molecule has 0 unspecified atom stereocenters. The average Bonchev–Trinajstić information content (AvgIpc) is 2.79. The fourth-order valence-corrected chi connectivity index (χ4v) is 4.11. The number of nitrogens with zero attached hydrogens (tertiary/aromatic N) is 2. The van der Waals surface area contributed by atoms with Crippen molar-refractivity contribution in [2.75, 3.05) is 31.5 Å². The van der Waals surface area contributed by atoms with Gasteiger partial charge in [0.15, 0.2) is 0 Å². The van der Waals surface area contributed by atoms with Crippen LogP contribution in [0.5, 0.6) is 5.75 Å². The molecular formula is C25H25Cl2N3O2. The van der Waals surface area contributed by atoms with Crippen molar-refractivity contribution in [3.05, 3.63) is 93.5 Å². The van der Waals surface area contributed by atoms with Crippen molar-refractivity contribution in [3.63, 3.8) is 0 Å². The van der Waals surface area contributed by atoms with Crippen LogP contribution in [0.1, 0.15) is 21.5 Å². The summed E-state index contributed by atoms with van der Waals surface area (Å²) in [5.74, 6) is 0.0810. The minimum atomic E-state index is -0.219. The molecule has 1 saturated heterocycles.